The van der Waals surface area contributed by atoms with Crippen molar-refractivity contribution in [2.75, 3.05) is 11.1 Å². The molecule has 1 aromatic carbocycles. The number of anilines is 1. The van der Waals surface area contributed by atoms with Crippen LogP contribution in [0.4, 0.5) is 5.13 Å². The molecule has 0 aliphatic rings. The van der Waals surface area contributed by atoms with E-state index in [-0.39, 0.29) is 11.2 Å². The average molecular weight is 318 g/mol. The molecule has 0 aliphatic carbocycles. The van der Waals surface area contributed by atoms with Crippen LogP contribution in [0.25, 0.3) is 11.0 Å². The van der Waals surface area contributed by atoms with Crippen molar-refractivity contribution < 1.29 is 4.79 Å². The molecular formula is C14H14N4OS2. The Balaban J connectivity index is 1.58. The number of H-pyrrole nitrogens is 1. The van der Waals surface area contributed by atoms with Gasteiger partial charge in [-0.05, 0) is 19.1 Å². The molecule has 2 heterocycles. The van der Waals surface area contributed by atoms with Gasteiger partial charge in [0.05, 0.1) is 22.0 Å². The minimum absolute atomic E-state index is 0.0436. The fraction of sp³-hybridized carbons (Fsp3) is 0.214. The van der Waals surface area contributed by atoms with Crippen molar-refractivity contribution >= 4 is 45.2 Å². The number of nitrogens with zero attached hydrogens (tertiary/aromatic N) is 2. The third-order valence-corrected chi connectivity index (χ3v) is 4.78. The number of nitrogens with one attached hydrogen (secondary N) is 2. The third-order valence-electron chi connectivity index (χ3n) is 2.94. The van der Waals surface area contributed by atoms with E-state index in [4.69, 9.17) is 0 Å². The van der Waals surface area contributed by atoms with E-state index in [1.807, 2.05) is 36.6 Å². The minimum atomic E-state index is -0.0436. The third kappa shape index (κ3) is 3.43. The van der Waals surface area contributed by atoms with Gasteiger partial charge in [0, 0.05) is 11.6 Å². The van der Waals surface area contributed by atoms with Gasteiger partial charge in [-0.1, -0.05) is 12.1 Å². The Kier molecular flexibility index (Phi) is 4.21. The first-order chi connectivity index (χ1) is 10.2. The Bertz CT molecular complexity index is 705. The molecule has 0 radical (unpaired) electrons. The molecule has 108 valence electrons. The van der Waals surface area contributed by atoms with Crippen molar-refractivity contribution in [2.45, 2.75) is 12.2 Å². The van der Waals surface area contributed by atoms with Gasteiger partial charge in [0.15, 0.2) is 5.13 Å². The van der Waals surface area contributed by atoms with E-state index in [0.717, 1.165) is 16.9 Å². The summed E-state index contributed by atoms with van der Waals surface area (Å²) in [5.74, 6) is 1.22. The predicted octanol–water partition coefficient (Wildman–Crippen LogP) is 3.45. The average Bonchev–Trinajstić information content (AvgIpc) is 3.13. The summed E-state index contributed by atoms with van der Waals surface area (Å²) in [6, 6.07) is 7.91. The number of hydrogen-bond donors (Lipinski definition) is 2. The van der Waals surface area contributed by atoms with Crippen LogP contribution < -0.4 is 5.32 Å². The zero-order valence-corrected chi connectivity index (χ0v) is 13.0. The van der Waals surface area contributed by atoms with Crippen molar-refractivity contribution in [1.29, 1.82) is 0 Å². The molecule has 7 heteroatoms. The number of aromatic nitrogens is 3. The number of thiazole rings is 1. The highest BCUT2D eigenvalue weighted by molar-refractivity contribution is 8.00. The predicted molar refractivity (Wildman–Crippen MR) is 87.7 cm³/mol. The lowest BCUT2D eigenvalue weighted by atomic mass is 10.3. The lowest BCUT2D eigenvalue weighted by Gasteiger charge is -2.07. The summed E-state index contributed by atoms with van der Waals surface area (Å²) in [4.78, 5) is 23.7. The number of aromatic amines is 1. The number of benzene rings is 1. The number of fused-ring (bicyclic) bond motifs is 1. The second-order valence-corrected chi connectivity index (χ2v) is 6.70. The molecule has 3 rings (SSSR count). The lowest BCUT2D eigenvalue weighted by Crippen LogP contribution is -2.14. The van der Waals surface area contributed by atoms with Crippen LogP contribution in [0, 0.1) is 0 Å². The topological polar surface area (TPSA) is 70.7 Å². The number of carbonyl (C=O) groups is 1. The standard InChI is InChI=1S/C14H14N4OS2/c1-9(13-16-10-4-2-3-5-11(10)17-13)21-8-12(19)18-14-15-6-7-20-14/h2-7,9H,8H2,1H3,(H,16,17)(H,15,18,19)/t9-/m0/s1. The van der Waals surface area contributed by atoms with Gasteiger partial charge in [0.2, 0.25) is 5.91 Å². The molecule has 0 saturated carbocycles. The lowest BCUT2D eigenvalue weighted by molar-refractivity contribution is -0.113. The van der Waals surface area contributed by atoms with E-state index in [9.17, 15) is 4.79 Å². The molecule has 0 spiro atoms. The zero-order valence-electron chi connectivity index (χ0n) is 11.4. The van der Waals surface area contributed by atoms with Gasteiger partial charge in [-0.25, -0.2) is 9.97 Å². The van der Waals surface area contributed by atoms with Crippen molar-refractivity contribution in [1.82, 2.24) is 15.0 Å². The summed E-state index contributed by atoms with van der Waals surface area (Å²) >= 11 is 2.96. The first-order valence-electron chi connectivity index (χ1n) is 6.48. The summed E-state index contributed by atoms with van der Waals surface area (Å²) < 4.78 is 0. The second kappa shape index (κ2) is 6.28. The maximum absolute atomic E-state index is 11.8. The Morgan fingerprint density at radius 3 is 3.10 bits per heavy atom. The fourth-order valence-electron chi connectivity index (χ4n) is 1.89. The van der Waals surface area contributed by atoms with Crippen LogP contribution >= 0.6 is 23.1 Å². The SMILES string of the molecule is C[C@H](SCC(=O)Nc1nccs1)c1nc2ccccc2[nH]1. The number of carbonyl (C=O) groups excluding carboxylic acids is 1. The first kappa shape index (κ1) is 14.1. The monoisotopic (exact) mass is 318 g/mol. The fourth-order valence-corrected chi connectivity index (χ4v) is 3.17. The number of para-hydroxylation sites is 2. The van der Waals surface area contributed by atoms with Crippen LogP contribution in [0.15, 0.2) is 35.8 Å². The van der Waals surface area contributed by atoms with E-state index in [1.54, 1.807) is 18.0 Å². The summed E-state index contributed by atoms with van der Waals surface area (Å²) in [6.45, 7) is 2.04. The Labute approximate surface area is 130 Å². The number of rotatable bonds is 5. The van der Waals surface area contributed by atoms with E-state index >= 15 is 0 Å². The van der Waals surface area contributed by atoms with Crippen LogP contribution in [0.3, 0.4) is 0 Å². The Hall–Kier alpha value is -1.86. The van der Waals surface area contributed by atoms with E-state index in [2.05, 4.69) is 20.3 Å². The highest BCUT2D eigenvalue weighted by Gasteiger charge is 2.13. The van der Waals surface area contributed by atoms with E-state index < -0.39 is 0 Å². The molecule has 2 aromatic heterocycles. The molecule has 0 bridgehead atoms. The van der Waals surface area contributed by atoms with Crippen LogP contribution in [-0.2, 0) is 4.79 Å². The minimum Gasteiger partial charge on any atom is -0.341 e. The van der Waals surface area contributed by atoms with Gasteiger partial charge in [-0.2, -0.15) is 0 Å². The van der Waals surface area contributed by atoms with Crippen LogP contribution in [0.1, 0.15) is 18.0 Å². The highest BCUT2D eigenvalue weighted by atomic mass is 32.2. The highest BCUT2D eigenvalue weighted by Crippen LogP contribution is 2.27. The number of imidazole rings is 1. The van der Waals surface area contributed by atoms with E-state index in [0.29, 0.717) is 10.9 Å². The van der Waals surface area contributed by atoms with Gasteiger partial charge in [0.1, 0.15) is 5.82 Å². The molecule has 5 nitrogen and oxygen atoms in total. The van der Waals surface area contributed by atoms with Crippen LogP contribution in [-0.4, -0.2) is 26.6 Å². The normalized spacial score (nSPS) is 12.4. The Morgan fingerprint density at radius 2 is 2.33 bits per heavy atom. The summed E-state index contributed by atoms with van der Waals surface area (Å²) in [5.41, 5.74) is 1.97. The van der Waals surface area contributed by atoms with Gasteiger partial charge in [-0.3, -0.25) is 4.79 Å². The summed E-state index contributed by atoms with van der Waals surface area (Å²) in [5, 5.41) is 5.37. The van der Waals surface area contributed by atoms with Gasteiger partial charge >= 0.3 is 0 Å². The molecule has 3 aromatic rings. The summed E-state index contributed by atoms with van der Waals surface area (Å²) in [6.07, 6.45) is 1.67. The summed E-state index contributed by atoms with van der Waals surface area (Å²) in [7, 11) is 0. The van der Waals surface area contributed by atoms with Crippen molar-refractivity contribution in [3.8, 4) is 0 Å². The van der Waals surface area contributed by atoms with E-state index in [1.165, 1.54) is 11.3 Å². The smallest absolute Gasteiger partial charge is 0.236 e. The van der Waals surface area contributed by atoms with Crippen LogP contribution in [0.2, 0.25) is 0 Å². The van der Waals surface area contributed by atoms with Gasteiger partial charge < -0.3 is 10.3 Å². The zero-order chi connectivity index (χ0) is 14.7. The largest absolute Gasteiger partial charge is 0.341 e. The van der Waals surface area contributed by atoms with Gasteiger partial charge in [0.25, 0.3) is 0 Å². The second-order valence-electron chi connectivity index (χ2n) is 4.48. The molecule has 0 fully saturated rings. The van der Waals surface area contributed by atoms with Crippen LogP contribution in [0.5, 0.6) is 0 Å². The molecule has 2 N–H and O–H groups in total. The van der Waals surface area contributed by atoms with Crippen molar-refractivity contribution in [3.05, 3.63) is 41.7 Å². The molecule has 0 aliphatic heterocycles. The first-order valence-corrected chi connectivity index (χ1v) is 8.41. The molecule has 0 saturated heterocycles. The molecular weight excluding hydrogens is 304 g/mol. The number of thioether (sulfide) groups is 1. The Morgan fingerprint density at radius 1 is 1.48 bits per heavy atom. The molecule has 21 heavy (non-hydrogen) atoms. The maximum Gasteiger partial charge on any atom is 0.236 e. The molecule has 0 unspecified atom stereocenters. The number of hydrogen-bond acceptors (Lipinski definition) is 5. The van der Waals surface area contributed by atoms with Gasteiger partial charge in [-0.15, -0.1) is 23.1 Å². The molecule has 1 atom stereocenters. The van der Waals surface area contributed by atoms with Crippen molar-refractivity contribution in [2.24, 2.45) is 0 Å². The number of amides is 1. The van der Waals surface area contributed by atoms with Crippen molar-refractivity contribution in [3.63, 3.8) is 0 Å². The quantitative estimate of drug-likeness (QED) is 0.756. The maximum atomic E-state index is 11.8. The molecule has 1 amide bonds.